The minimum atomic E-state index is -0.449. The molecular formula is C14H17Cl2NO4. The van der Waals surface area contributed by atoms with Gasteiger partial charge in [-0.25, -0.2) is 0 Å². The second kappa shape index (κ2) is 8.74. The topological polar surface area (TPSA) is 55.8 Å². The van der Waals surface area contributed by atoms with Crippen molar-refractivity contribution in [2.24, 2.45) is 0 Å². The van der Waals surface area contributed by atoms with Crippen molar-refractivity contribution in [2.75, 3.05) is 26.8 Å². The summed E-state index contributed by atoms with van der Waals surface area (Å²) in [5.41, 5.74) is 0. The molecule has 5 nitrogen and oxygen atoms in total. The zero-order valence-corrected chi connectivity index (χ0v) is 13.4. The van der Waals surface area contributed by atoms with Crippen molar-refractivity contribution in [1.82, 2.24) is 4.90 Å². The number of rotatable bonds is 7. The molecule has 1 amide bonds. The Bertz CT molecular complexity index is 508. The van der Waals surface area contributed by atoms with E-state index in [0.717, 1.165) is 0 Å². The van der Waals surface area contributed by atoms with E-state index in [1.165, 1.54) is 12.0 Å². The van der Waals surface area contributed by atoms with Gasteiger partial charge in [0.15, 0.2) is 0 Å². The molecule has 0 aliphatic rings. The van der Waals surface area contributed by atoms with Gasteiger partial charge in [-0.15, -0.1) is 0 Å². The van der Waals surface area contributed by atoms with Gasteiger partial charge in [-0.3, -0.25) is 9.59 Å². The minimum absolute atomic E-state index is 0.0569. The van der Waals surface area contributed by atoms with Gasteiger partial charge < -0.3 is 14.4 Å². The summed E-state index contributed by atoms with van der Waals surface area (Å²) < 4.78 is 9.97. The first-order chi connectivity index (χ1) is 9.97. The molecule has 21 heavy (non-hydrogen) atoms. The van der Waals surface area contributed by atoms with Crippen LogP contribution in [0.15, 0.2) is 18.2 Å². The number of ether oxygens (including phenoxy) is 2. The molecule has 0 saturated heterocycles. The lowest BCUT2D eigenvalue weighted by Crippen LogP contribution is -2.36. The molecule has 1 aromatic carbocycles. The van der Waals surface area contributed by atoms with Gasteiger partial charge in [-0.1, -0.05) is 23.2 Å². The van der Waals surface area contributed by atoms with E-state index in [1.807, 2.05) is 0 Å². The lowest BCUT2D eigenvalue weighted by molar-refractivity contribution is -0.147. The second-order valence-corrected chi connectivity index (χ2v) is 4.97. The van der Waals surface area contributed by atoms with E-state index < -0.39 is 5.97 Å². The maximum atomic E-state index is 11.9. The predicted molar refractivity (Wildman–Crippen MR) is 80.8 cm³/mol. The molecule has 116 valence electrons. The van der Waals surface area contributed by atoms with Crippen LogP contribution in [0.5, 0.6) is 5.75 Å². The smallest absolute Gasteiger partial charge is 0.325 e. The fourth-order valence-corrected chi connectivity index (χ4v) is 1.87. The monoisotopic (exact) mass is 333 g/mol. The van der Waals surface area contributed by atoms with Crippen molar-refractivity contribution in [3.63, 3.8) is 0 Å². The average molecular weight is 334 g/mol. The largest absolute Gasteiger partial charge is 0.493 e. The van der Waals surface area contributed by atoms with Crippen molar-refractivity contribution in [3.8, 4) is 5.75 Å². The molecule has 0 unspecified atom stereocenters. The van der Waals surface area contributed by atoms with Crippen LogP contribution in [0, 0.1) is 0 Å². The van der Waals surface area contributed by atoms with Crippen LogP contribution in [0.25, 0.3) is 0 Å². The first-order valence-electron chi connectivity index (χ1n) is 6.40. The Balaban J connectivity index is 2.44. The van der Waals surface area contributed by atoms with Crippen molar-refractivity contribution >= 4 is 35.1 Å². The first-order valence-corrected chi connectivity index (χ1v) is 7.16. The van der Waals surface area contributed by atoms with Crippen LogP contribution >= 0.6 is 23.2 Å². The van der Waals surface area contributed by atoms with Gasteiger partial charge in [0.1, 0.15) is 12.3 Å². The van der Waals surface area contributed by atoms with Crippen LogP contribution in [0.4, 0.5) is 0 Å². The molecule has 0 aliphatic heterocycles. The maximum absolute atomic E-state index is 11.9. The van der Waals surface area contributed by atoms with Crippen LogP contribution in [-0.2, 0) is 14.3 Å². The van der Waals surface area contributed by atoms with Gasteiger partial charge in [0.25, 0.3) is 0 Å². The molecule has 0 saturated carbocycles. The summed E-state index contributed by atoms with van der Waals surface area (Å²) in [7, 11) is 1.29. The summed E-state index contributed by atoms with van der Waals surface area (Å²) in [6.07, 6.45) is 0.158. The highest BCUT2D eigenvalue weighted by Crippen LogP contribution is 2.26. The zero-order chi connectivity index (χ0) is 15.8. The van der Waals surface area contributed by atoms with Crippen LogP contribution in [0.3, 0.4) is 0 Å². The third-order valence-corrected chi connectivity index (χ3v) is 3.50. The Morgan fingerprint density at radius 1 is 1.24 bits per heavy atom. The van der Waals surface area contributed by atoms with Crippen LogP contribution in [0.2, 0.25) is 10.0 Å². The molecule has 1 rings (SSSR count). The molecule has 0 heterocycles. The number of amides is 1. The molecule has 0 radical (unpaired) electrons. The summed E-state index contributed by atoms with van der Waals surface area (Å²) in [6, 6.07) is 4.88. The number of nitrogens with zero attached hydrogens (tertiary/aromatic N) is 1. The fraction of sp³-hybridized carbons (Fsp3) is 0.429. The molecular weight excluding hydrogens is 317 g/mol. The molecule has 7 heteroatoms. The van der Waals surface area contributed by atoms with E-state index in [1.54, 1.807) is 25.1 Å². The van der Waals surface area contributed by atoms with Crippen LogP contribution < -0.4 is 4.74 Å². The van der Waals surface area contributed by atoms with Gasteiger partial charge in [-0.05, 0) is 19.1 Å². The van der Waals surface area contributed by atoms with Crippen LogP contribution in [0.1, 0.15) is 13.3 Å². The van der Waals surface area contributed by atoms with Gasteiger partial charge >= 0.3 is 5.97 Å². The molecule has 0 aliphatic carbocycles. The van der Waals surface area contributed by atoms with Crippen molar-refractivity contribution in [3.05, 3.63) is 28.2 Å². The second-order valence-electron chi connectivity index (χ2n) is 4.16. The van der Waals surface area contributed by atoms with Crippen molar-refractivity contribution < 1.29 is 19.1 Å². The maximum Gasteiger partial charge on any atom is 0.325 e. The number of halogens is 2. The summed E-state index contributed by atoms with van der Waals surface area (Å²) in [5.74, 6) is -0.0909. The third-order valence-electron chi connectivity index (χ3n) is 2.76. The Hall–Kier alpha value is -1.46. The molecule has 0 N–H and O–H groups in total. The standard InChI is InChI=1S/C14H17Cl2NO4/c1-3-17(9-14(19)20-2)13(18)6-7-21-10-4-5-11(15)12(16)8-10/h4-5,8H,3,6-7,9H2,1-2H3. The summed E-state index contributed by atoms with van der Waals surface area (Å²) in [5, 5.41) is 0.830. The van der Waals surface area contributed by atoms with E-state index in [9.17, 15) is 9.59 Å². The van der Waals surface area contributed by atoms with E-state index in [-0.39, 0.29) is 25.5 Å². The number of esters is 1. The number of hydrogen-bond acceptors (Lipinski definition) is 4. The Labute approximate surface area is 133 Å². The number of likely N-dealkylation sites (N-methyl/N-ethyl adjacent to an activating group) is 1. The Morgan fingerprint density at radius 2 is 1.95 bits per heavy atom. The summed E-state index contributed by atoms with van der Waals surface area (Å²) >= 11 is 11.7. The highest BCUT2D eigenvalue weighted by molar-refractivity contribution is 6.42. The zero-order valence-electron chi connectivity index (χ0n) is 11.9. The van der Waals surface area contributed by atoms with Gasteiger partial charge in [0.2, 0.25) is 5.91 Å². The average Bonchev–Trinajstić information content (AvgIpc) is 2.47. The van der Waals surface area contributed by atoms with Gasteiger partial charge in [0.05, 0.1) is 30.2 Å². The third kappa shape index (κ3) is 5.81. The van der Waals surface area contributed by atoms with E-state index in [2.05, 4.69) is 4.74 Å². The molecule has 1 aromatic rings. The quantitative estimate of drug-likeness (QED) is 0.720. The molecule has 0 spiro atoms. The van der Waals surface area contributed by atoms with Crippen LogP contribution in [-0.4, -0.2) is 43.6 Å². The lowest BCUT2D eigenvalue weighted by Gasteiger charge is -2.19. The van der Waals surface area contributed by atoms with E-state index >= 15 is 0 Å². The lowest BCUT2D eigenvalue weighted by atomic mass is 10.3. The highest BCUT2D eigenvalue weighted by Gasteiger charge is 2.15. The highest BCUT2D eigenvalue weighted by atomic mass is 35.5. The van der Waals surface area contributed by atoms with Gasteiger partial charge in [-0.2, -0.15) is 0 Å². The number of methoxy groups -OCH3 is 1. The normalized spacial score (nSPS) is 10.1. The number of carbonyl (C=O) groups is 2. The number of benzene rings is 1. The predicted octanol–water partition coefficient (Wildman–Crippen LogP) is 2.78. The fourth-order valence-electron chi connectivity index (χ4n) is 1.58. The first kappa shape index (κ1) is 17.6. The number of carbonyl (C=O) groups excluding carboxylic acids is 2. The van der Waals surface area contributed by atoms with E-state index in [0.29, 0.717) is 22.3 Å². The number of hydrogen-bond donors (Lipinski definition) is 0. The van der Waals surface area contributed by atoms with Crippen molar-refractivity contribution in [1.29, 1.82) is 0 Å². The van der Waals surface area contributed by atoms with E-state index in [4.69, 9.17) is 27.9 Å². The summed E-state index contributed by atoms with van der Waals surface area (Å²) in [6.45, 7) is 2.36. The SMILES string of the molecule is CCN(CC(=O)OC)C(=O)CCOc1ccc(Cl)c(Cl)c1. The molecule has 0 atom stereocenters. The molecule has 0 aromatic heterocycles. The Kier molecular flexibility index (Phi) is 7.32. The van der Waals surface area contributed by atoms with Gasteiger partial charge in [0, 0.05) is 12.6 Å². The molecule has 0 bridgehead atoms. The summed E-state index contributed by atoms with van der Waals surface area (Å²) in [4.78, 5) is 24.5. The molecule has 0 fully saturated rings. The Morgan fingerprint density at radius 3 is 2.52 bits per heavy atom. The van der Waals surface area contributed by atoms with Crippen molar-refractivity contribution in [2.45, 2.75) is 13.3 Å². The minimum Gasteiger partial charge on any atom is -0.493 e.